The standard InChI is InChI=1S/C10H12N2O4.ClH/c1-16-10(13)6-9(11)7-2-4-8(5-3-7)12(14)15;/h2-5,9H,6,11H2,1H3;1H/t9-;/m1./s1. The van der Waals surface area contributed by atoms with Crippen LogP contribution < -0.4 is 5.73 Å². The van der Waals surface area contributed by atoms with Crippen LogP contribution in [0.25, 0.3) is 0 Å². The van der Waals surface area contributed by atoms with Crippen molar-refractivity contribution in [3.63, 3.8) is 0 Å². The van der Waals surface area contributed by atoms with Gasteiger partial charge in [-0.1, -0.05) is 12.1 Å². The fourth-order valence-corrected chi connectivity index (χ4v) is 1.22. The molecular formula is C10H13ClN2O4. The van der Waals surface area contributed by atoms with E-state index in [2.05, 4.69) is 4.74 Å². The first-order valence-electron chi connectivity index (χ1n) is 4.61. The van der Waals surface area contributed by atoms with Crippen LogP contribution in [0.15, 0.2) is 24.3 Å². The zero-order chi connectivity index (χ0) is 12.1. The van der Waals surface area contributed by atoms with Crippen LogP contribution in [-0.4, -0.2) is 18.0 Å². The molecule has 0 heterocycles. The monoisotopic (exact) mass is 260 g/mol. The average Bonchev–Trinajstić information content (AvgIpc) is 2.28. The summed E-state index contributed by atoms with van der Waals surface area (Å²) in [7, 11) is 1.28. The van der Waals surface area contributed by atoms with Crippen molar-refractivity contribution in [2.24, 2.45) is 5.73 Å². The number of methoxy groups -OCH3 is 1. The molecule has 1 aromatic carbocycles. The molecule has 0 saturated carbocycles. The van der Waals surface area contributed by atoms with E-state index in [4.69, 9.17) is 5.73 Å². The normalized spacial score (nSPS) is 11.2. The Hall–Kier alpha value is -1.66. The fraction of sp³-hybridized carbons (Fsp3) is 0.300. The summed E-state index contributed by atoms with van der Waals surface area (Å²) < 4.78 is 4.48. The number of rotatable bonds is 4. The van der Waals surface area contributed by atoms with Gasteiger partial charge in [0.15, 0.2) is 0 Å². The molecule has 7 heteroatoms. The summed E-state index contributed by atoms with van der Waals surface area (Å²) in [6, 6.07) is 5.27. The van der Waals surface area contributed by atoms with Crippen molar-refractivity contribution < 1.29 is 14.5 Å². The molecule has 0 spiro atoms. The van der Waals surface area contributed by atoms with Crippen LogP contribution in [0, 0.1) is 10.1 Å². The molecule has 1 aromatic rings. The number of ether oxygens (including phenoxy) is 1. The molecule has 1 atom stereocenters. The van der Waals surface area contributed by atoms with Crippen LogP contribution in [0.1, 0.15) is 18.0 Å². The van der Waals surface area contributed by atoms with Crippen LogP contribution in [0.2, 0.25) is 0 Å². The minimum absolute atomic E-state index is 0. The minimum Gasteiger partial charge on any atom is -0.469 e. The van der Waals surface area contributed by atoms with Gasteiger partial charge in [0.1, 0.15) is 0 Å². The molecule has 1 rings (SSSR count). The highest BCUT2D eigenvalue weighted by Gasteiger charge is 2.13. The number of non-ortho nitro benzene ring substituents is 1. The number of esters is 1. The van der Waals surface area contributed by atoms with E-state index in [0.717, 1.165) is 0 Å². The van der Waals surface area contributed by atoms with Gasteiger partial charge in [-0.25, -0.2) is 0 Å². The van der Waals surface area contributed by atoms with Gasteiger partial charge in [-0.2, -0.15) is 0 Å². The molecule has 94 valence electrons. The van der Waals surface area contributed by atoms with Gasteiger partial charge in [-0.15, -0.1) is 12.4 Å². The van der Waals surface area contributed by atoms with Crippen LogP contribution >= 0.6 is 12.4 Å². The van der Waals surface area contributed by atoms with Crippen molar-refractivity contribution >= 4 is 24.1 Å². The Morgan fingerprint density at radius 1 is 1.47 bits per heavy atom. The first-order valence-corrected chi connectivity index (χ1v) is 4.61. The van der Waals surface area contributed by atoms with E-state index in [1.807, 2.05) is 0 Å². The van der Waals surface area contributed by atoms with Crippen molar-refractivity contribution in [3.8, 4) is 0 Å². The molecule has 2 N–H and O–H groups in total. The van der Waals surface area contributed by atoms with E-state index in [1.165, 1.54) is 31.4 Å². The van der Waals surface area contributed by atoms with E-state index in [0.29, 0.717) is 5.56 Å². The molecular weight excluding hydrogens is 248 g/mol. The van der Waals surface area contributed by atoms with Gasteiger partial charge in [0.2, 0.25) is 0 Å². The second kappa shape index (κ2) is 6.82. The number of nitro benzene ring substituents is 1. The molecule has 0 unspecified atom stereocenters. The Morgan fingerprint density at radius 3 is 2.41 bits per heavy atom. The third-order valence-electron chi connectivity index (χ3n) is 2.15. The summed E-state index contributed by atoms with van der Waals surface area (Å²) in [6.45, 7) is 0. The summed E-state index contributed by atoms with van der Waals surface area (Å²) in [5, 5.41) is 10.4. The van der Waals surface area contributed by atoms with Crippen molar-refractivity contribution in [1.29, 1.82) is 0 Å². The Kier molecular flexibility index (Phi) is 6.16. The summed E-state index contributed by atoms with van der Waals surface area (Å²) in [6.07, 6.45) is 0.0499. The molecule has 0 aliphatic heterocycles. The number of halogens is 1. The van der Waals surface area contributed by atoms with E-state index in [9.17, 15) is 14.9 Å². The molecule has 6 nitrogen and oxygen atoms in total. The van der Waals surface area contributed by atoms with Gasteiger partial charge < -0.3 is 10.5 Å². The highest BCUT2D eigenvalue weighted by atomic mass is 35.5. The highest BCUT2D eigenvalue weighted by molar-refractivity contribution is 5.85. The first-order chi connectivity index (χ1) is 7.54. The van der Waals surface area contributed by atoms with Gasteiger partial charge in [0.05, 0.1) is 18.5 Å². The predicted octanol–water partition coefficient (Wildman–Crippen LogP) is 1.58. The van der Waals surface area contributed by atoms with E-state index >= 15 is 0 Å². The number of nitrogens with zero attached hydrogens (tertiary/aromatic N) is 1. The molecule has 0 saturated heterocycles. The second-order valence-electron chi connectivity index (χ2n) is 3.24. The molecule has 17 heavy (non-hydrogen) atoms. The second-order valence-corrected chi connectivity index (χ2v) is 3.24. The van der Waals surface area contributed by atoms with Crippen molar-refractivity contribution in [2.45, 2.75) is 12.5 Å². The van der Waals surface area contributed by atoms with Crippen molar-refractivity contribution in [1.82, 2.24) is 0 Å². The maximum absolute atomic E-state index is 11.0. The van der Waals surface area contributed by atoms with Gasteiger partial charge in [-0.3, -0.25) is 14.9 Å². The lowest BCUT2D eigenvalue weighted by Crippen LogP contribution is -2.16. The van der Waals surface area contributed by atoms with E-state index in [-0.39, 0.29) is 24.5 Å². The molecule has 0 amide bonds. The van der Waals surface area contributed by atoms with Gasteiger partial charge in [-0.05, 0) is 5.56 Å². The lowest BCUT2D eigenvalue weighted by molar-refractivity contribution is -0.384. The highest BCUT2D eigenvalue weighted by Crippen LogP contribution is 2.18. The predicted molar refractivity (Wildman–Crippen MR) is 63.9 cm³/mol. The van der Waals surface area contributed by atoms with Crippen molar-refractivity contribution in [3.05, 3.63) is 39.9 Å². The maximum Gasteiger partial charge on any atom is 0.307 e. The maximum atomic E-state index is 11.0. The largest absolute Gasteiger partial charge is 0.469 e. The van der Waals surface area contributed by atoms with Crippen LogP contribution in [-0.2, 0) is 9.53 Å². The topological polar surface area (TPSA) is 95.5 Å². The van der Waals surface area contributed by atoms with Gasteiger partial charge in [0, 0.05) is 18.2 Å². The quantitative estimate of drug-likeness (QED) is 0.504. The number of benzene rings is 1. The zero-order valence-corrected chi connectivity index (χ0v) is 9.98. The molecule has 0 aliphatic rings. The third kappa shape index (κ3) is 4.38. The Balaban J connectivity index is 0.00000256. The summed E-state index contributed by atoms with van der Waals surface area (Å²) in [5.74, 6) is -0.411. The SMILES string of the molecule is COC(=O)C[C@@H](N)c1ccc([N+](=O)[O-])cc1.Cl. The minimum atomic E-state index is -0.506. The number of hydrogen-bond acceptors (Lipinski definition) is 5. The summed E-state index contributed by atoms with van der Waals surface area (Å²) in [4.78, 5) is 20.9. The van der Waals surface area contributed by atoms with Crippen LogP contribution in [0.3, 0.4) is 0 Å². The lowest BCUT2D eigenvalue weighted by Gasteiger charge is -2.09. The number of carbonyl (C=O) groups excluding carboxylic acids is 1. The number of nitro groups is 1. The molecule has 0 aromatic heterocycles. The summed E-state index contributed by atoms with van der Waals surface area (Å²) >= 11 is 0. The summed E-state index contributed by atoms with van der Waals surface area (Å²) in [5.41, 5.74) is 6.38. The Bertz CT molecular complexity index is 394. The Morgan fingerprint density at radius 2 is 2.00 bits per heavy atom. The molecule has 0 radical (unpaired) electrons. The number of hydrogen-bond donors (Lipinski definition) is 1. The van der Waals surface area contributed by atoms with Crippen LogP contribution in [0.5, 0.6) is 0 Å². The number of carbonyl (C=O) groups is 1. The molecule has 0 fully saturated rings. The average molecular weight is 261 g/mol. The van der Waals surface area contributed by atoms with Gasteiger partial charge in [0.25, 0.3) is 5.69 Å². The molecule has 0 bridgehead atoms. The van der Waals surface area contributed by atoms with Crippen molar-refractivity contribution in [2.75, 3.05) is 7.11 Å². The molecule has 0 aliphatic carbocycles. The fourth-order valence-electron chi connectivity index (χ4n) is 1.22. The van der Waals surface area contributed by atoms with E-state index < -0.39 is 16.9 Å². The van der Waals surface area contributed by atoms with E-state index in [1.54, 1.807) is 0 Å². The Labute approximate surface area is 104 Å². The first kappa shape index (κ1) is 15.3. The number of nitrogens with two attached hydrogens (primary N) is 1. The lowest BCUT2D eigenvalue weighted by atomic mass is 10.0. The zero-order valence-electron chi connectivity index (χ0n) is 9.16. The third-order valence-corrected chi connectivity index (χ3v) is 2.15. The van der Waals surface area contributed by atoms with Crippen LogP contribution in [0.4, 0.5) is 5.69 Å². The smallest absolute Gasteiger partial charge is 0.307 e. The van der Waals surface area contributed by atoms with Gasteiger partial charge >= 0.3 is 5.97 Å².